The van der Waals surface area contributed by atoms with Gasteiger partial charge in [-0.2, -0.15) is 17.6 Å². The molecular weight excluding hydrogens is 512 g/mol. The average molecular weight is 531 g/mol. The van der Waals surface area contributed by atoms with Crippen molar-refractivity contribution in [2.24, 2.45) is 0 Å². The van der Waals surface area contributed by atoms with Crippen molar-refractivity contribution >= 4 is 16.0 Å². The standard InChI is InChI=1S/C25H18F4N4O3S/c26-23-7-2-15(14-32-23)21-12-16(25(27,28)29)3-5-18(21)19-8-11-36-22-13-17(4-6-20(19)22)37(34,35)33-24-30-9-1-10-31-24/h1-7,9-10,12-14,19H,8,11H2,(H,30,31,33)/t19-/m1/s1. The summed E-state index contributed by atoms with van der Waals surface area (Å²) in [6, 6.07) is 11.7. The summed E-state index contributed by atoms with van der Waals surface area (Å²) in [6.45, 7) is 0.207. The van der Waals surface area contributed by atoms with Gasteiger partial charge >= 0.3 is 6.18 Å². The molecule has 0 aliphatic carbocycles. The quantitative estimate of drug-likeness (QED) is 0.274. The summed E-state index contributed by atoms with van der Waals surface area (Å²) in [6.07, 6.45) is -0.176. The van der Waals surface area contributed by atoms with Crippen LogP contribution in [0.3, 0.4) is 0 Å². The van der Waals surface area contributed by atoms with E-state index in [0.717, 1.165) is 18.2 Å². The molecule has 0 unspecified atom stereocenters. The van der Waals surface area contributed by atoms with E-state index in [2.05, 4.69) is 19.7 Å². The third-order valence-electron chi connectivity index (χ3n) is 5.92. The highest BCUT2D eigenvalue weighted by Gasteiger charge is 2.33. The van der Waals surface area contributed by atoms with Gasteiger partial charge in [-0.1, -0.05) is 12.1 Å². The van der Waals surface area contributed by atoms with E-state index in [-0.39, 0.29) is 28.8 Å². The zero-order chi connectivity index (χ0) is 26.2. The lowest BCUT2D eigenvalue weighted by Crippen LogP contribution is -2.19. The molecule has 4 aromatic rings. The summed E-state index contributed by atoms with van der Waals surface area (Å²) in [5.41, 5.74) is 0.884. The molecule has 37 heavy (non-hydrogen) atoms. The first-order chi connectivity index (χ1) is 17.6. The first kappa shape index (κ1) is 24.6. The van der Waals surface area contributed by atoms with Crippen LogP contribution in [-0.2, 0) is 16.2 Å². The predicted molar refractivity (Wildman–Crippen MR) is 126 cm³/mol. The number of aromatic nitrogens is 3. The number of ether oxygens (including phenoxy) is 1. The fraction of sp³-hybridized carbons (Fsp3) is 0.160. The number of alkyl halides is 3. The van der Waals surface area contributed by atoms with Gasteiger partial charge in [0.25, 0.3) is 10.0 Å². The van der Waals surface area contributed by atoms with Crippen LogP contribution < -0.4 is 9.46 Å². The van der Waals surface area contributed by atoms with Crippen LogP contribution >= 0.6 is 0 Å². The van der Waals surface area contributed by atoms with E-state index in [1.54, 1.807) is 12.1 Å². The normalized spacial score (nSPS) is 15.5. The first-order valence-electron chi connectivity index (χ1n) is 11.0. The van der Waals surface area contributed by atoms with Crippen molar-refractivity contribution < 1.29 is 30.7 Å². The number of rotatable bonds is 5. The minimum atomic E-state index is -4.58. The van der Waals surface area contributed by atoms with Gasteiger partial charge in [0.1, 0.15) is 5.75 Å². The molecule has 2 aromatic heterocycles. The molecule has 0 radical (unpaired) electrons. The summed E-state index contributed by atoms with van der Waals surface area (Å²) in [5, 5.41) is 0. The molecule has 1 aliphatic heterocycles. The van der Waals surface area contributed by atoms with Gasteiger partial charge in [-0.3, -0.25) is 0 Å². The summed E-state index contributed by atoms with van der Waals surface area (Å²) < 4.78 is 87.7. The number of hydrogen-bond acceptors (Lipinski definition) is 6. The van der Waals surface area contributed by atoms with Gasteiger partial charge < -0.3 is 4.74 Å². The largest absolute Gasteiger partial charge is 0.493 e. The Balaban J connectivity index is 1.56. The number of halogens is 4. The summed E-state index contributed by atoms with van der Waals surface area (Å²) in [7, 11) is -4.03. The topological polar surface area (TPSA) is 94.1 Å². The molecule has 7 nitrogen and oxygen atoms in total. The summed E-state index contributed by atoms with van der Waals surface area (Å²) in [4.78, 5) is 11.2. The van der Waals surface area contributed by atoms with Gasteiger partial charge in [-0.15, -0.1) is 0 Å². The highest BCUT2D eigenvalue weighted by molar-refractivity contribution is 7.92. The van der Waals surface area contributed by atoms with Gasteiger partial charge in [0.15, 0.2) is 0 Å². The van der Waals surface area contributed by atoms with Gasteiger partial charge in [0.05, 0.1) is 17.1 Å². The molecule has 0 bridgehead atoms. The maximum Gasteiger partial charge on any atom is 0.416 e. The third kappa shape index (κ3) is 5.10. The van der Waals surface area contributed by atoms with Crippen LogP contribution in [0.5, 0.6) is 5.75 Å². The molecule has 2 aromatic carbocycles. The van der Waals surface area contributed by atoms with E-state index in [1.165, 1.54) is 42.9 Å². The SMILES string of the molecule is O=S(=O)(Nc1ncccn1)c1ccc2c(c1)OCC[C@@H]2c1ccc(C(F)(F)F)cc1-c1ccc(F)nc1. The number of nitrogens with zero attached hydrogens (tertiary/aromatic N) is 3. The van der Waals surface area contributed by atoms with Crippen molar-refractivity contribution in [2.45, 2.75) is 23.4 Å². The molecule has 5 rings (SSSR count). The fourth-order valence-electron chi connectivity index (χ4n) is 4.21. The Kier molecular flexibility index (Phi) is 6.28. The Morgan fingerprint density at radius 3 is 2.41 bits per heavy atom. The number of pyridine rings is 1. The van der Waals surface area contributed by atoms with Crippen LogP contribution in [0.4, 0.5) is 23.5 Å². The molecule has 0 fully saturated rings. The van der Waals surface area contributed by atoms with E-state index >= 15 is 0 Å². The highest BCUT2D eigenvalue weighted by atomic mass is 32.2. The highest BCUT2D eigenvalue weighted by Crippen LogP contribution is 2.44. The summed E-state index contributed by atoms with van der Waals surface area (Å²) >= 11 is 0. The van der Waals surface area contributed by atoms with Gasteiger partial charge in [0, 0.05) is 41.7 Å². The van der Waals surface area contributed by atoms with E-state index in [1.807, 2.05) is 0 Å². The third-order valence-corrected chi connectivity index (χ3v) is 7.25. The van der Waals surface area contributed by atoms with Crippen molar-refractivity contribution in [2.75, 3.05) is 11.3 Å². The average Bonchev–Trinajstić information content (AvgIpc) is 2.88. The lowest BCUT2D eigenvalue weighted by Gasteiger charge is -2.29. The monoisotopic (exact) mass is 530 g/mol. The second-order valence-corrected chi connectivity index (χ2v) is 9.92. The lowest BCUT2D eigenvalue weighted by molar-refractivity contribution is -0.137. The molecular formula is C25H18F4N4O3S. The Bertz CT molecular complexity index is 1550. The van der Waals surface area contributed by atoms with E-state index < -0.39 is 33.6 Å². The van der Waals surface area contributed by atoms with Crippen molar-refractivity contribution in [1.29, 1.82) is 0 Å². The lowest BCUT2D eigenvalue weighted by atomic mass is 9.82. The van der Waals surface area contributed by atoms with E-state index in [9.17, 15) is 26.0 Å². The Labute approximate surface area is 209 Å². The molecule has 190 valence electrons. The van der Waals surface area contributed by atoms with E-state index in [4.69, 9.17) is 4.74 Å². The minimum absolute atomic E-state index is 0.0882. The molecule has 3 heterocycles. The Morgan fingerprint density at radius 2 is 1.70 bits per heavy atom. The number of benzene rings is 2. The van der Waals surface area contributed by atoms with Crippen molar-refractivity contribution in [3.8, 4) is 16.9 Å². The van der Waals surface area contributed by atoms with Crippen LogP contribution in [0.25, 0.3) is 11.1 Å². The molecule has 1 N–H and O–H groups in total. The number of fused-ring (bicyclic) bond motifs is 1. The van der Waals surface area contributed by atoms with Gasteiger partial charge in [-0.05, 0) is 53.9 Å². The van der Waals surface area contributed by atoms with Crippen LogP contribution in [-0.4, -0.2) is 30.0 Å². The first-order valence-corrected chi connectivity index (χ1v) is 12.5. The number of sulfonamides is 1. The van der Waals surface area contributed by atoms with E-state index in [0.29, 0.717) is 23.1 Å². The van der Waals surface area contributed by atoms with Crippen LogP contribution in [0.15, 0.2) is 78.1 Å². The Hall–Kier alpha value is -4.06. The molecule has 0 spiro atoms. The van der Waals surface area contributed by atoms with Crippen LogP contribution in [0, 0.1) is 5.95 Å². The fourth-order valence-corrected chi connectivity index (χ4v) is 5.19. The van der Waals surface area contributed by atoms with Crippen molar-refractivity contribution in [1.82, 2.24) is 15.0 Å². The van der Waals surface area contributed by atoms with Gasteiger partial charge in [-0.25, -0.2) is 28.1 Å². The van der Waals surface area contributed by atoms with Crippen molar-refractivity contribution in [3.05, 3.63) is 95.8 Å². The van der Waals surface area contributed by atoms with Crippen molar-refractivity contribution in [3.63, 3.8) is 0 Å². The number of nitrogens with one attached hydrogen (secondary N) is 1. The Morgan fingerprint density at radius 1 is 0.946 bits per heavy atom. The molecule has 1 atom stereocenters. The summed E-state index contributed by atoms with van der Waals surface area (Å²) in [5.74, 6) is -0.970. The molecule has 0 saturated heterocycles. The molecule has 0 amide bonds. The second-order valence-electron chi connectivity index (χ2n) is 8.24. The number of anilines is 1. The maximum atomic E-state index is 13.5. The molecule has 12 heteroatoms. The van der Waals surface area contributed by atoms with Crippen LogP contribution in [0.2, 0.25) is 0 Å². The van der Waals surface area contributed by atoms with Crippen LogP contribution in [0.1, 0.15) is 29.0 Å². The zero-order valence-corrected chi connectivity index (χ0v) is 19.7. The van der Waals surface area contributed by atoms with Gasteiger partial charge in [0.2, 0.25) is 11.9 Å². The smallest absolute Gasteiger partial charge is 0.416 e. The molecule has 1 aliphatic rings. The molecule has 0 saturated carbocycles. The number of hydrogen-bond donors (Lipinski definition) is 1. The predicted octanol–water partition coefficient (Wildman–Crippen LogP) is 5.41. The maximum absolute atomic E-state index is 13.5. The minimum Gasteiger partial charge on any atom is -0.493 e. The second kappa shape index (κ2) is 9.43. The zero-order valence-electron chi connectivity index (χ0n) is 18.9.